The quantitative estimate of drug-likeness (QED) is 0.110. The number of nitrogens with zero attached hydrogens (tertiary/aromatic N) is 2. The van der Waals surface area contributed by atoms with Crippen molar-refractivity contribution in [1.29, 1.82) is 0 Å². The van der Waals surface area contributed by atoms with Crippen LogP contribution in [0, 0.1) is 10.8 Å². The third kappa shape index (κ3) is 12.4. The van der Waals surface area contributed by atoms with E-state index in [0.29, 0.717) is 5.56 Å². The number of carboxylic acid groups (broad SMARTS) is 1. The number of amides is 6. The lowest BCUT2D eigenvalue weighted by Gasteiger charge is -2.41. The summed E-state index contributed by atoms with van der Waals surface area (Å²) >= 11 is 0. The zero-order valence-corrected chi connectivity index (χ0v) is 42.5. The molecule has 3 aromatic carbocycles. The van der Waals surface area contributed by atoms with Crippen LogP contribution >= 0.6 is 0 Å². The van der Waals surface area contributed by atoms with Gasteiger partial charge in [-0.3, -0.25) is 28.8 Å². The highest BCUT2D eigenvalue weighted by Crippen LogP contribution is 2.38. The topological polar surface area (TPSA) is 218 Å². The minimum absolute atomic E-state index is 0.0247. The molecule has 7 N–H and O–H groups in total. The highest BCUT2D eigenvalue weighted by molar-refractivity contribution is 5.96. The number of carboxylic acids is 1. The first-order valence-corrected chi connectivity index (χ1v) is 24.7. The molecular weight excluding hydrogens is 889 g/mol. The van der Waals surface area contributed by atoms with E-state index in [2.05, 4.69) is 38.0 Å². The van der Waals surface area contributed by atoms with Crippen molar-refractivity contribution in [3.63, 3.8) is 0 Å². The first kappa shape index (κ1) is 53.2. The Balaban J connectivity index is 1.36. The molecule has 16 nitrogen and oxygen atoms in total. The van der Waals surface area contributed by atoms with Crippen LogP contribution in [0.2, 0.25) is 0 Å². The van der Waals surface area contributed by atoms with Gasteiger partial charge in [0.25, 0.3) is 0 Å². The second-order valence-electron chi connectivity index (χ2n) is 21.5. The molecule has 2 aliphatic heterocycles. The maximum absolute atomic E-state index is 15.0. The number of nitrogens with one attached hydrogen (secondary N) is 6. The number of aryl methyl sites for hydroxylation is 1. The lowest BCUT2D eigenvalue weighted by molar-refractivity contribution is -0.148. The second-order valence-corrected chi connectivity index (χ2v) is 21.5. The molecular formula is C54H74N8O8. The van der Waals surface area contributed by atoms with E-state index in [1.807, 2.05) is 84.0 Å². The first-order valence-electron chi connectivity index (χ1n) is 24.7. The van der Waals surface area contributed by atoms with Crippen LogP contribution in [0.1, 0.15) is 120 Å². The van der Waals surface area contributed by atoms with E-state index in [0.717, 1.165) is 41.5 Å². The predicted octanol–water partition coefficient (Wildman–Crippen LogP) is 3.91. The van der Waals surface area contributed by atoms with E-state index < -0.39 is 76.8 Å². The minimum atomic E-state index is -1.28. The molecule has 0 spiro atoms. The van der Waals surface area contributed by atoms with Crippen LogP contribution in [0.4, 0.5) is 0 Å². The van der Waals surface area contributed by atoms with Crippen LogP contribution in [-0.4, -0.2) is 119 Å². The third-order valence-corrected chi connectivity index (χ3v) is 14.3. The van der Waals surface area contributed by atoms with Gasteiger partial charge in [-0.2, -0.15) is 0 Å². The summed E-state index contributed by atoms with van der Waals surface area (Å²) in [7, 11) is 3.31. The Labute approximate surface area is 412 Å². The second kappa shape index (κ2) is 22.3. The predicted molar refractivity (Wildman–Crippen MR) is 267 cm³/mol. The van der Waals surface area contributed by atoms with Crippen molar-refractivity contribution < 1.29 is 38.7 Å². The maximum atomic E-state index is 15.0. The zero-order chi connectivity index (χ0) is 51.2. The summed E-state index contributed by atoms with van der Waals surface area (Å²) in [4.78, 5) is 101. The van der Waals surface area contributed by atoms with Gasteiger partial charge in [-0.05, 0) is 97.8 Å². The Bertz CT molecular complexity index is 2410. The number of aliphatic carboxylic acids is 1. The monoisotopic (exact) mass is 963 g/mol. The fourth-order valence-corrected chi connectivity index (χ4v) is 9.81. The zero-order valence-electron chi connectivity index (χ0n) is 42.5. The largest absolute Gasteiger partial charge is 0.480 e. The van der Waals surface area contributed by atoms with Crippen LogP contribution < -0.4 is 31.9 Å². The fraction of sp³-hybridized carbons (Fsp3) is 0.537. The Kier molecular flexibility index (Phi) is 17.0. The highest BCUT2D eigenvalue weighted by Gasteiger charge is 2.47. The molecule has 70 heavy (non-hydrogen) atoms. The van der Waals surface area contributed by atoms with E-state index in [1.54, 1.807) is 57.1 Å². The molecule has 3 aromatic rings. The fourth-order valence-electron chi connectivity index (χ4n) is 9.81. The normalized spacial score (nSPS) is 21.2. The van der Waals surface area contributed by atoms with Crippen LogP contribution in [-0.2, 0) is 59.4 Å². The molecule has 0 aromatic heterocycles. The summed E-state index contributed by atoms with van der Waals surface area (Å²) in [5.41, 5.74) is 3.78. The van der Waals surface area contributed by atoms with Gasteiger partial charge in [0.2, 0.25) is 35.4 Å². The van der Waals surface area contributed by atoms with Crippen molar-refractivity contribution in [3.8, 4) is 0 Å². The Morgan fingerprint density at radius 2 is 1.27 bits per heavy atom. The Morgan fingerprint density at radius 1 is 0.686 bits per heavy atom. The van der Waals surface area contributed by atoms with Crippen LogP contribution in [0.5, 0.6) is 0 Å². The van der Waals surface area contributed by atoms with Crippen molar-refractivity contribution in [2.45, 2.75) is 155 Å². The van der Waals surface area contributed by atoms with Gasteiger partial charge in [0, 0.05) is 31.8 Å². The summed E-state index contributed by atoms with van der Waals surface area (Å²) < 4.78 is 0. The molecule has 1 saturated heterocycles. The molecule has 6 amide bonds. The molecule has 16 heteroatoms. The van der Waals surface area contributed by atoms with Crippen molar-refractivity contribution in [3.05, 3.63) is 106 Å². The molecule has 2 heterocycles. The standard InChI is InChI=1S/C54H74N8O8/c1-31(55-9)46(63)59-44(53(3,4)5)50(67)61-29-37-26-35(23-24-36(37)27-42(61)49(66)58-41(52(69)70)25-33-17-12-11-13-18-33)38-28-43(48(65)57-40-22-16-20-34-19-14-15-21-39(34)40)62(30-38)51(68)45(54(6,7)8)60-47(64)32(2)56-10/h11-15,17-19,21,23-24,26,31-32,38,40-45,55-56H,16,20,22,25,27-30H2,1-10H3,(H,57,65)(H,58,66)(H,59,63)(H,60,64)(H,69,70)/t31-,32-,38?,40+,41-,42?,43?,44?,45?/m0/s1. The van der Waals surface area contributed by atoms with E-state index in [1.165, 1.54) is 10.5 Å². The van der Waals surface area contributed by atoms with Crippen molar-refractivity contribution in [1.82, 2.24) is 41.7 Å². The van der Waals surface area contributed by atoms with Gasteiger partial charge in [-0.25, -0.2) is 4.79 Å². The number of likely N-dealkylation sites (N-methyl/N-ethyl adjacent to an activating group) is 2. The van der Waals surface area contributed by atoms with Gasteiger partial charge < -0.3 is 46.8 Å². The van der Waals surface area contributed by atoms with E-state index in [9.17, 15) is 38.7 Å². The summed E-state index contributed by atoms with van der Waals surface area (Å²) in [5.74, 6) is -4.09. The number of carbonyl (C=O) groups excluding carboxylic acids is 6. The molecule has 1 aliphatic carbocycles. The number of hydrogen-bond acceptors (Lipinski definition) is 9. The van der Waals surface area contributed by atoms with E-state index in [-0.39, 0.29) is 62.0 Å². The summed E-state index contributed by atoms with van der Waals surface area (Å²) in [5, 5.41) is 28.0. The number of carbonyl (C=O) groups is 7. The average Bonchev–Trinajstić information content (AvgIpc) is 3.78. The first-order chi connectivity index (χ1) is 33.0. The lowest BCUT2D eigenvalue weighted by atomic mass is 9.83. The van der Waals surface area contributed by atoms with E-state index >= 15 is 0 Å². The molecule has 0 saturated carbocycles. The molecule has 3 aliphatic rings. The third-order valence-electron chi connectivity index (χ3n) is 14.3. The molecule has 0 radical (unpaired) electrons. The SMILES string of the molecule is CN[C@@H](C)C(=O)NC(C(=O)N1Cc2cc(C3CC(C(=O)N[C@@H]4CCCc5ccccc54)N(C(=O)C(NC(=O)[C@H](C)NC)C(C)(C)C)C3)ccc2CC1C(=O)N[C@@H](Cc1ccccc1)C(=O)O)C(C)(C)C. The Morgan fingerprint density at radius 3 is 1.86 bits per heavy atom. The van der Waals surface area contributed by atoms with Crippen LogP contribution in [0.25, 0.3) is 0 Å². The molecule has 6 rings (SSSR count). The number of rotatable bonds is 16. The minimum Gasteiger partial charge on any atom is -0.480 e. The Hall–Kier alpha value is -6.13. The number of benzene rings is 3. The van der Waals surface area contributed by atoms with Gasteiger partial charge >= 0.3 is 5.97 Å². The smallest absolute Gasteiger partial charge is 0.326 e. The number of hydrogen-bond donors (Lipinski definition) is 7. The molecule has 5 unspecified atom stereocenters. The van der Waals surface area contributed by atoms with Crippen molar-refractivity contribution in [2.75, 3.05) is 20.6 Å². The average molecular weight is 963 g/mol. The van der Waals surface area contributed by atoms with E-state index in [4.69, 9.17) is 0 Å². The van der Waals surface area contributed by atoms with Gasteiger partial charge in [-0.1, -0.05) is 114 Å². The maximum Gasteiger partial charge on any atom is 0.326 e. The number of fused-ring (bicyclic) bond motifs is 2. The van der Waals surface area contributed by atoms with Crippen molar-refractivity contribution in [2.24, 2.45) is 10.8 Å². The van der Waals surface area contributed by atoms with Gasteiger partial charge in [0.15, 0.2) is 0 Å². The van der Waals surface area contributed by atoms with Gasteiger partial charge in [-0.15, -0.1) is 0 Å². The molecule has 0 bridgehead atoms. The lowest BCUT2D eigenvalue weighted by Crippen LogP contribution is -2.62. The summed E-state index contributed by atoms with van der Waals surface area (Å²) in [6.45, 7) is 14.7. The highest BCUT2D eigenvalue weighted by atomic mass is 16.4. The molecule has 378 valence electrons. The van der Waals surface area contributed by atoms with Gasteiger partial charge in [0.1, 0.15) is 30.2 Å². The molecule has 9 atom stereocenters. The van der Waals surface area contributed by atoms with Gasteiger partial charge in [0.05, 0.1) is 18.1 Å². The summed E-state index contributed by atoms with van der Waals surface area (Å²) in [6, 6.07) is 16.2. The van der Waals surface area contributed by atoms with Crippen LogP contribution in [0.3, 0.4) is 0 Å². The molecule has 1 fully saturated rings. The van der Waals surface area contributed by atoms with Crippen molar-refractivity contribution >= 4 is 41.4 Å². The number of likely N-dealkylation sites (tertiary alicyclic amines) is 1. The summed E-state index contributed by atoms with van der Waals surface area (Å²) in [6.07, 6.45) is 2.95. The van der Waals surface area contributed by atoms with Crippen LogP contribution in [0.15, 0.2) is 72.8 Å².